The van der Waals surface area contributed by atoms with E-state index in [4.69, 9.17) is 4.42 Å². The molecule has 3 heterocycles. The molecule has 8 nitrogen and oxygen atoms in total. The molecule has 0 aliphatic rings. The van der Waals surface area contributed by atoms with Crippen molar-refractivity contribution in [1.29, 1.82) is 0 Å². The molecule has 0 atom stereocenters. The highest BCUT2D eigenvalue weighted by molar-refractivity contribution is 7.98. The van der Waals surface area contributed by atoms with E-state index in [-0.39, 0.29) is 5.91 Å². The van der Waals surface area contributed by atoms with Gasteiger partial charge in [-0.2, -0.15) is 0 Å². The summed E-state index contributed by atoms with van der Waals surface area (Å²) in [5.74, 6) is 0.722. The Labute approximate surface area is 185 Å². The minimum atomic E-state index is -0.236. The van der Waals surface area contributed by atoms with E-state index < -0.39 is 0 Å². The topological polar surface area (TPSA) is 107 Å². The number of hydrogen-bond donors (Lipinski definition) is 1. The molecule has 11 heteroatoms. The Bertz CT molecular complexity index is 1170. The first kappa shape index (κ1) is 20.6. The van der Waals surface area contributed by atoms with E-state index in [1.54, 1.807) is 0 Å². The van der Waals surface area contributed by atoms with Crippen molar-refractivity contribution in [3.8, 4) is 10.8 Å². The average molecular weight is 459 g/mol. The van der Waals surface area contributed by atoms with Gasteiger partial charge in [0.15, 0.2) is 0 Å². The first-order chi connectivity index (χ1) is 14.5. The van der Waals surface area contributed by atoms with Crippen LogP contribution in [0.4, 0.5) is 0 Å². The average Bonchev–Trinajstić information content (AvgIpc) is 3.45. The molecule has 1 aromatic carbocycles. The van der Waals surface area contributed by atoms with E-state index in [0.29, 0.717) is 33.4 Å². The maximum Gasteiger partial charge on any atom is 0.282 e. The van der Waals surface area contributed by atoms with Gasteiger partial charge in [-0.3, -0.25) is 4.79 Å². The van der Waals surface area contributed by atoms with Crippen molar-refractivity contribution in [2.45, 2.75) is 38.3 Å². The monoisotopic (exact) mass is 458 g/mol. The van der Waals surface area contributed by atoms with Gasteiger partial charge < -0.3 is 9.73 Å². The van der Waals surface area contributed by atoms with Gasteiger partial charge in [-0.15, -0.1) is 31.7 Å². The van der Waals surface area contributed by atoms with E-state index in [2.05, 4.69) is 30.7 Å². The van der Waals surface area contributed by atoms with Crippen LogP contribution >= 0.6 is 34.4 Å². The molecule has 154 valence electrons. The summed E-state index contributed by atoms with van der Waals surface area (Å²) < 4.78 is 5.72. The number of aromatic nitrogens is 5. The van der Waals surface area contributed by atoms with Crippen LogP contribution in [0.15, 0.2) is 33.9 Å². The van der Waals surface area contributed by atoms with Crippen LogP contribution in [0.1, 0.15) is 36.6 Å². The van der Waals surface area contributed by atoms with Gasteiger partial charge in [0.1, 0.15) is 9.88 Å². The lowest BCUT2D eigenvalue weighted by Gasteiger charge is -2.03. The summed E-state index contributed by atoms with van der Waals surface area (Å²) in [6.07, 6.45) is 0. The summed E-state index contributed by atoms with van der Waals surface area (Å²) in [5, 5.41) is 21.6. The molecule has 0 aliphatic heterocycles. The minimum absolute atomic E-state index is 0.236. The SMILES string of the molecule is Cc1ccc(CNC(=O)c2nnc(CSc3nnc(-c4sc(C)nc4C)o3)s2)cc1. The van der Waals surface area contributed by atoms with E-state index in [9.17, 15) is 4.79 Å². The molecule has 0 saturated carbocycles. The fraction of sp³-hybridized carbons (Fsp3) is 0.263. The van der Waals surface area contributed by atoms with Crippen LogP contribution in [0.3, 0.4) is 0 Å². The highest BCUT2D eigenvalue weighted by atomic mass is 32.2. The first-order valence-electron chi connectivity index (χ1n) is 9.05. The largest absolute Gasteiger partial charge is 0.410 e. The smallest absolute Gasteiger partial charge is 0.282 e. The second-order valence-corrected chi connectivity index (χ2v) is 9.67. The maximum absolute atomic E-state index is 12.3. The number of aryl methyl sites for hydroxylation is 3. The van der Waals surface area contributed by atoms with Gasteiger partial charge in [0.25, 0.3) is 17.0 Å². The van der Waals surface area contributed by atoms with Crippen LogP contribution in [0.2, 0.25) is 0 Å². The van der Waals surface area contributed by atoms with Crippen molar-refractivity contribution in [2.24, 2.45) is 0 Å². The van der Waals surface area contributed by atoms with Crippen LogP contribution in [0, 0.1) is 20.8 Å². The van der Waals surface area contributed by atoms with Crippen LogP contribution < -0.4 is 5.32 Å². The van der Waals surface area contributed by atoms with Crippen molar-refractivity contribution >= 4 is 40.3 Å². The summed E-state index contributed by atoms with van der Waals surface area (Å²) in [6.45, 7) is 6.34. The van der Waals surface area contributed by atoms with Crippen LogP contribution in [-0.2, 0) is 12.3 Å². The molecule has 0 bridgehead atoms. The second-order valence-electron chi connectivity index (χ2n) is 6.48. The van der Waals surface area contributed by atoms with E-state index in [1.165, 1.54) is 40.0 Å². The lowest BCUT2D eigenvalue weighted by Crippen LogP contribution is -2.22. The highest BCUT2D eigenvalue weighted by Crippen LogP contribution is 2.31. The normalized spacial score (nSPS) is 11.0. The highest BCUT2D eigenvalue weighted by Gasteiger charge is 2.17. The number of amides is 1. The van der Waals surface area contributed by atoms with Crippen molar-refractivity contribution in [2.75, 3.05) is 0 Å². The summed E-state index contributed by atoms with van der Waals surface area (Å²) in [5.41, 5.74) is 3.10. The zero-order valence-electron chi connectivity index (χ0n) is 16.5. The Morgan fingerprint density at radius 3 is 2.60 bits per heavy atom. The van der Waals surface area contributed by atoms with E-state index in [0.717, 1.165) is 21.1 Å². The maximum atomic E-state index is 12.3. The molecule has 0 aliphatic carbocycles. The number of nitrogens with one attached hydrogen (secondary N) is 1. The summed E-state index contributed by atoms with van der Waals surface area (Å²) >= 11 is 4.14. The fourth-order valence-corrected chi connectivity index (χ4v) is 4.93. The zero-order chi connectivity index (χ0) is 21.1. The molecule has 3 aromatic heterocycles. The first-order valence-corrected chi connectivity index (χ1v) is 11.7. The van der Waals surface area contributed by atoms with Crippen molar-refractivity contribution in [3.63, 3.8) is 0 Å². The number of carbonyl (C=O) groups is 1. The van der Waals surface area contributed by atoms with Crippen LogP contribution in [-0.4, -0.2) is 31.3 Å². The molecule has 0 spiro atoms. The second kappa shape index (κ2) is 9.02. The lowest BCUT2D eigenvalue weighted by atomic mass is 10.1. The third-order valence-electron chi connectivity index (χ3n) is 4.06. The molecule has 0 radical (unpaired) electrons. The van der Waals surface area contributed by atoms with Gasteiger partial charge >= 0.3 is 0 Å². The molecule has 30 heavy (non-hydrogen) atoms. The number of thioether (sulfide) groups is 1. The standard InChI is InChI=1S/C19H18N6O2S3/c1-10-4-6-13(7-5-10)8-20-16(26)18-24-22-14(30-18)9-28-19-25-23-17(27-19)15-11(2)21-12(3)29-15/h4-7H,8-9H2,1-3H3,(H,20,26). The van der Waals surface area contributed by atoms with Gasteiger partial charge in [-0.05, 0) is 26.3 Å². The number of thiazole rings is 1. The Hall–Kier alpha value is -2.63. The lowest BCUT2D eigenvalue weighted by molar-refractivity contribution is 0.0950. The quantitative estimate of drug-likeness (QED) is 0.411. The molecule has 1 amide bonds. The molecule has 4 aromatic rings. The van der Waals surface area contributed by atoms with Gasteiger partial charge in [-0.1, -0.05) is 52.9 Å². The fourth-order valence-electron chi connectivity index (χ4n) is 2.58. The van der Waals surface area contributed by atoms with Crippen LogP contribution in [0.5, 0.6) is 0 Å². The van der Waals surface area contributed by atoms with Gasteiger partial charge in [0.05, 0.1) is 16.5 Å². The number of benzene rings is 1. The summed E-state index contributed by atoms with van der Waals surface area (Å²) in [6, 6.07) is 8.02. The predicted octanol–water partition coefficient (Wildman–Crippen LogP) is 4.19. The number of nitrogens with zero attached hydrogens (tertiary/aromatic N) is 5. The molecular weight excluding hydrogens is 440 g/mol. The summed E-state index contributed by atoms with van der Waals surface area (Å²) in [7, 11) is 0. The van der Waals surface area contributed by atoms with Gasteiger partial charge in [-0.25, -0.2) is 4.98 Å². The molecule has 0 unspecified atom stereocenters. The number of hydrogen-bond acceptors (Lipinski definition) is 10. The van der Waals surface area contributed by atoms with Crippen molar-refractivity contribution < 1.29 is 9.21 Å². The molecular formula is C19H18N6O2S3. The van der Waals surface area contributed by atoms with Crippen LogP contribution in [0.25, 0.3) is 10.8 Å². The van der Waals surface area contributed by atoms with Gasteiger partial charge in [0.2, 0.25) is 5.01 Å². The van der Waals surface area contributed by atoms with Gasteiger partial charge in [0, 0.05) is 6.54 Å². The Kier molecular flexibility index (Phi) is 6.21. The molecule has 4 rings (SSSR count). The minimum Gasteiger partial charge on any atom is -0.410 e. The summed E-state index contributed by atoms with van der Waals surface area (Å²) in [4.78, 5) is 17.6. The van der Waals surface area contributed by atoms with Crippen molar-refractivity contribution in [1.82, 2.24) is 30.7 Å². The number of rotatable bonds is 7. The van der Waals surface area contributed by atoms with E-state index in [1.807, 2.05) is 45.0 Å². The Morgan fingerprint density at radius 1 is 1.07 bits per heavy atom. The predicted molar refractivity (Wildman–Crippen MR) is 117 cm³/mol. The zero-order valence-corrected chi connectivity index (χ0v) is 19.0. The molecule has 0 fully saturated rings. The van der Waals surface area contributed by atoms with E-state index >= 15 is 0 Å². The molecule has 1 N–H and O–H groups in total. The third kappa shape index (κ3) is 4.91. The Balaban J connectivity index is 1.32. The third-order valence-corrected chi connectivity index (χ3v) is 7.05. The van der Waals surface area contributed by atoms with Crippen molar-refractivity contribution in [3.05, 3.63) is 56.1 Å². The Morgan fingerprint density at radius 2 is 1.87 bits per heavy atom. The number of carbonyl (C=O) groups excluding carboxylic acids is 1. The molecule has 0 saturated heterocycles.